The molecule has 0 aliphatic rings. The Morgan fingerprint density at radius 2 is 1.43 bits per heavy atom. The minimum absolute atomic E-state index is 0. The van der Waals surface area contributed by atoms with Crippen molar-refractivity contribution in [2.24, 2.45) is 0 Å². The zero-order valence-corrected chi connectivity index (χ0v) is 6.74. The van der Waals surface area contributed by atoms with Gasteiger partial charge in [0.2, 0.25) is 0 Å². The molecule has 0 nitrogen and oxygen atoms in total. The average Bonchev–Trinajstić information content (AvgIpc) is 1.35. The van der Waals surface area contributed by atoms with Crippen LogP contribution in [0.3, 0.4) is 0 Å². The van der Waals surface area contributed by atoms with E-state index in [1.165, 1.54) is 0 Å². The summed E-state index contributed by atoms with van der Waals surface area (Å²) in [6.45, 7) is 6.25. The first kappa shape index (κ1) is 10.3. The van der Waals surface area contributed by atoms with Gasteiger partial charge in [0.25, 0.3) is 0 Å². The Morgan fingerprint density at radius 3 is 1.43 bits per heavy atom. The van der Waals surface area contributed by atoms with E-state index in [9.17, 15) is 0 Å². The van der Waals surface area contributed by atoms with Gasteiger partial charge in [-0.2, -0.15) is 0 Å². The van der Waals surface area contributed by atoms with Crippen molar-refractivity contribution in [1.82, 2.24) is 0 Å². The summed E-state index contributed by atoms with van der Waals surface area (Å²) < 4.78 is 0. The van der Waals surface area contributed by atoms with Crippen LogP contribution in [0, 0.1) is 12.0 Å². The average molecular weight is 161 g/mol. The van der Waals surface area contributed by atoms with Crippen molar-refractivity contribution in [3.8, 4) is 5.54 Å². The fraction of sp³-hybridized carbons (Fsp3) is 0.600. The predicted octanol–water partition coefficient (Wildman–Crippen LogP) is 1.45. The monoisotopic (exact) mass is 160 g/mol. The summed E-state index contributed by atoms with van der Waals surface area (Å²) in [5, 5.41) is 0. The minimum Gasteiger partial charge on any atom is -0.701 e. The van der Waals surface area contributed by atoms with Gasteiger partial charge in [0, 0.05) is 0 Å². The van der Waals surface area contributed by atoms with E-state index < -0.39 is 8.07 Å². The second-order valence-corrected chi connectivity index (χ2v) is 7.12. The number of hydrogen-bond donors (Lipinski definition) is 0. The van der Waals surface area contributed by atoms with Crippen LogP contribution in [0.1, 0.15) is 0 Å². The van der Waals surface area contributed by atoms with Crippen LogP contribution in [-0.4, -0.2) is 8.07 Å². The van der Waals surface area contributed by atoms with Crippen molar-refractivity contribution in [3.05, 3.63) is 6.42 Å². The molecule has 0 aromatic carbocycles. The first-order chi connectivity index (χ1) is 2.56. The summed E-state index contributed by atoms with van der Waals surface area (Å²) in [4.78, 5) is 0. The van der Waals surface area contributed by atoms with Crippen molar-refractivity contribution >= 4 is 8.07 Å². The molecular formula is C5H9CuSi. The van der Waals surface area contributed by atoms with Crippen molar-refractivity contribution in [3.63, 3.8) is 0 Å². The molecule has 0 aliphatic carbocycles. The Balaban J connectivity index is 0. The molecule has 0 N–H and O–H groups in total. The van der Waals surface area contributed by atoms with E-state index in [4.69, 9.17) is 6.42 Å². The standard InChI is InChI=1S/C5H9Si.Cu/c1-5-6(2,3)4;/h2-4H3;/q-1;+1. The Kier molecular flexibility index (Phi) is 4.89. The molecule has 0 spiro atoms. The number of rotatable bonds is 0. The molecule has 44 valence electrons. The van der Waals surface area contributed by atoms with E-state index in [0.29, 0.717) is 0 Å². The second kappa shape index (κ2) is 3.32. The maximum atomic E-state index is 6.67. The molecule has 0 aromatic rings. The van der Waals surface area contributed by atoms with Gasteiger partial charge in [-0.25, -0.2) is 0 Å². The van der Waals surface area contributed by atoms with E-state index in [2.05, 4.69) is 25.2 Å². The second-order valence-electron chi connectivity index (χ2n) is 2.38. The first-order valence-corrected chi connectivity index (χ1v) is 5.50. The van der Waals surface area contributed by atoms with Gasteiger partial charge in [0.15, 0.2) is 0 Å². The van der Waals surface area contributed by atoms with Gasteiger partial charge in [-0.05, 0) is 0 Å². The molecule has 2 heteroatoms. The van der Waals surface area contributed by atoms with Crippen LogP contribution in [-0.2, 0) is 17.1 Å². The number of hydrogen-bond acceptors (Lipinski definition) is 0. The molecule has 0 saturated heterocycles. The van der Waals surface area contributed by atoms with Crippen molar-refractivity contribution in [1.29, 1.82) is 0 Å². The molecule has 0 fully saturated rings. The third-order valence-electron chi connectivity index (χ3n) is 0.375. The summed E-state index contributed by atoms with van der Waals surface area (Å²) in [5.41, 5.74) is 2.49. The summed E-state index contributed by atoms with van der Waals surface area (Å²) in [6, 6.07) is 0. The maximum absolute atomic E-state index is 6.67. The van der Waals surface area contributed by atoms with Gasteiger partial charge < -0.3 is 12.0 Å². The smallest absolute Gasteiger partial charge is 0.701 e. The SMILES string of the molecule is [C-]#C[Si](C)(C)C.[Cu+]. The first-order valence-electron chi connectivity index (χ1n) is 2.00. The summed E-state index contributed by atoms with van der Waals surface area (Å²) in [6.07, 6.45) is 6.67. The van der Waals surface area contributed by atoms with Crippen LogP contribution in [0.2, 0.25) is 19.6 Å². The minimum atomic E-state index is -1.21. The fourth-order valence-corrected chi connectivity index (χ4v) is 0. The molecule has 0 atom stereocenters. The Labute approximate surface area is 57.2 Å². The molecule has 0 unspecified atom stereocenters. The zero-order chi connectivity index (χ0) is 5.21. The van der Waals surface area contributed by atoms with E-state index >= 15 is 0 Å². The largest absolute Gasteiger partial charge is 1.00 e. The van der Waals surface area contributed by atoms with Gasteiger partial charge in [-0.3, -0.25) is 0 Å². The molecule has 0 aromatic heterocycles. The van der Waals surface area contributed by atoms with Crippen LogP contribution >= 0.6 is 0 Å². The third kappa shape index (κ3) is 10.7. The molecule has 0 saturated carbocycles. The van der Waals surface area contributed by atoms with Crippen molar-refractivity contribution in [2.45, 2.75) is 19.6 Å². The summed E-state index contributed by atoms with van der Waals surface area (Å²) in [5.74, 6) is 0. The maximum Gasteiger partial charge on any atom is 1.00 e. The fourth-order valence-electron chi connectivity index (χ4n) is 0. The summed E-state index contributed by atoms with van der Waals surface area (Å²) >= 11 is 0. The van der Waals surface area contributed by atoms with Gasteiger partial charge in [-0.15, -0.1) is 0 Å². The zero-order valence-electron chi connectivity index (χ0n) is 4.80. The van der Waals surface area contributed by atoms with Crippen LogP contribution in [0.25, 0.3) is 0 Å². The molecule has 0 amide bonds. The van der Waals surface area contributed by atoms with Crippen molar-refractivity contribution in [2.75, 3.05) is 0 Å². The van der Waals surface area contributed by atoms with Crippen LogP contribution < -0.4 is 0 Å². The molecule has 0 radical (unpaired) electrons. The van der Waals surface area contributed by atoms with E-state index in [1.807, 2.05) is 0 Å². The van der Waals surface area contributed by atoms with Gasteiger partial charge >= 0.3 is 17.1 Å². The Morgan fingerprint density at radius 1 is 1.29 bits per heavy atom. The molecule has 0 bridgehead atoms. The third-order valence-corrected chi connectivity index (χ3v) is 1.12. The molecule has 0 rings (SSSR count). The Bertz CT molecular complexity index is 75.1. The van der Waals surface area contributed by atoms with E-state index in [1.54, 1.807) is 0 Å². The quantitative estimate of drug-likeness (QED) is 0.286. The Hall–Kier alpha value is 0.296. The molecule has 7 heavy (non-hydrogen) atoms. The summed E-state index contributed by atoms with van der Waals surface area (Å²) in [7, 11) is -1.21. The predicted molar refractivity (Wildman–Crippen MR) is 30.5 cm³/mol. The van der Waals surface area contributed by atoms with Gasteiger partial charge in [0.05, 0.1) is 8.07 Å². The van der Waals surface area contributed by atoms with Crippen LogP contribution in [0.4, 0.5) is 0 Å². The van der Waals surface area contributed by atoms with E-state index in [-0.39, 0.29) is 17.1 Å². The molecular weight excluding hydrogens is 152 g/mol. The van der Waals surface area contributed by atoms with Crippen LogP contribution in [0.5, 0.6) is 0 Å². The van der Waals surface area contributed by atoms with E-state index in [0.717, 1.165) is 0 Å². The van der Waals surface area contributed by atoms with Crippen LogP contribution in [0.15, 0.2) is 0 Å². The van der Waals surface area contributed by atoms with Gasteiger partial charge in [0.1, 0.15) is 0 Å². The normalized spacial score (nSPS) is 8.86. The topological polar surface area (TPSA) is 0 Å². The molecule has 0 aliphatic heterocycles. The van der Waals surface area contributed by atoms with Crippen molar-refractivity contribution < 1.29 is 17.1 Å². The molecule has 0 heterocycles. The van der Waals surface area contributed by atoms with Gasteiger partial charge in [-0.1, -0.05) is 19.6 Å².